The van der Waals surface area contributed by atoms with Crippen LogP contribution < -0.4 is 5.73 Å². The molecule has 3 N–H and O–H groups in total. The fraction of sp³-hybridized carbons (Fsp3) is 1.00. The van der Waals surface area contributed by atoms with Crippen molar-refractivity contribution in [3.8, 4) is 0 Å². The van der Waals surface area contributed by atoms with Crippen molar-refractivity contribution in [1.29, 1.82) is 0 Å². The van der Waals surface area contributed by atoms with Crippen molar-refractivity contribution < 1.29 is 5.11 Å². The Morgan fingerprint density at radius 2 is 2.25 bits per heavy atom. The van der Waals surface area contributed by atoms with Crippen LogP contribution in [0, 0.1) is 0 Å². The molecule has 1 aliphatic heterocycles. The van der Waals surface area contributed by atoms with E-state index in [-0.39, 0.29) is 12.1 Å². The summed E-state index contributed by atoms with van der Waals surface area (Å²) in [6.45, 7) is 1.52. The molecule has 8 heavy (non-hydrogen) atoms. The minimum atomic E-state index is -0.313. The normalized spacial score (nSPS) is 40.9. The van der Waals surface area contributed by atoms with Crippen molar-refractivity contribution in [2.24, 2.45) is 5.73 Å². The number of β-amino-alcohol motifs (C(OH)–C–C–N with tert-alkyl or cyclic N) is 1. The van der Waals surface area contributed by atoms with Gasteiger partial charge in [0.15, 0.2) is 0 Å². The van der Waals surface area contributed by atoms with Crippen LogP contribution in [-0.4, -0.2) is 33.5 Å². The zero-order valence-electron chi connectivity index (χ0n) is 4.42. The van der Waals surface area contributed by atoms with Gasteiger partial charge in [0.1, 0.15) is 0 Å². The first-order chi connectivity index (χ1) is 3.70. The molecule has 0 aromatic carbocycles. The van der Waals surface area contributed by atoms with Crippen LogP contribution in [0.1, 0.15) is 0 Å². The van der Waals surface area contributed by atoms with E-state index in [0.717, 1.165) is 6.54 Å². The third-order valence-electron chi connectivity index (χ3n) is 1.29. The Morgan fingerprint density at radius 1 is 1.62 bits per heavy atom. The van der Waals surface area contributed by atoms with E-state index in [0.29, 0.717) is 6.54 Å². The number of hydrogen-bond acceptors (Lipinski definition) is 3. The van der Waals surface area contributed by atoms with Crippen LogP contribution >= 0.6 is 22.9 Å². The highest BCUT2D eigenvalue weighted by molar-refractivity contribution is 14.1. The summed E-state index contributed by atoms with van der Waals surface area (Å²) in [4.78, 5) is 0. The van der Waals surface area contributed by atoms with Gasteiger partial charge in [0.05, 0.1) is 6.10 Å². The molecule has 0 amide bonds. The molecule has 1 saturated heterocycles. The number of aliphatic hydroxyl groups is 1. The molecule has 4 heteroatoms. The molecule has 1 aliphatic rings. The summed E-state index contributed by atoms with van der Waals surface area (Å²) in [7, 11) is 0. The SMILES string of the molecule is NC1CN(I)CC1O. The number of nitrogens with two attached hydrogens (primary N) is 1. The Balaban J connectivity index is 2.39. The average molecular weight is 228 g/mol. The van der Waals surface area contributed by atoms with Gasteiger partial charge in [-0.05, 0) is 0 Å². The van der Waals surface area contributed by atoms with Crippen molar-refractivity contribution in [2.75, 3.05) is 13.1 Å². The second-order valence-corrected chi connectivity index (χ2v) is 3.42. The van der Waals surface area contributed by atoms with Crippen LogP contribution in [0.2, 0.25) is 0 Å². The molecule has 0 aliphatic carbocycles. The van der Waals surface area contributed by atoms with Crippen LogP contribution in [0.3, 0.4) is 0 Å². The maximum Gasteiger partial charge on any atom is 0.0838 e. The summed E-state index contributed by atoms with van der Waals surface area (Å²) >= 11 is 2.16. The van der Waals surface area contributed by atoms with Gasteiger partial charge in [-0.3, -0.25) is 0 Å². The van der Waals surface area contributed by atoms with Gasteiger partial charge in [0, 0.05) is 42.0 Å². The summed E-state index contributed by atoms with van der Waals surface area (Å²) in [5, 5.41) is 9.00. The Kier molecular flexibility index (Phi) is 2.07. The molecule has 1 fully saturated rings. The van der Waals surface area contributed by atoms with Crippen LogP contribution in [0.25, 0.3) is 0 Å². The van der Waals surface area contributed by atoms with Crippen molar-refractivity contribution in [3.63, 3.8) is 0 Å². The number of halogens is 1. The summed E-state index contributed by atoms with van der Waals surface area (Å²) < 4.78 is 1.99. The lowest BCUT2D eigenvalue weighted by molar-refractivity contribution is 0.176. The van der Waals surface area contributed by atoms with Crippen molar-refractivity contribution >= 4 is 22.9 Å². The lowest BCUT2D eigenvalue weighted by Crippen LogP contribution is -2.32. The number of aliphatic hydroxyl groups excluding tert-OH is 1. The summed E-state index contributed by atoms with van der Waals surface area (Å²) in [5.41, 5.74) is 5.47. The molecule has 48 valence electrons. The number of hydrogen-bond donors (Lipinski definition) is 2. The van der Waals surface area contributed by atoms with Crippen molar-refractivity contribution in [2.45, 2.75) is 12.1 Å². The molecular weight excluding hydrogens is 219 g/mol. The molecule has 0 spiro atoms. The molecule has 3 nitrogen and oxygen atoms in total. The molecule has 2 atom stereocenters. The summed E-state index contributed by atoms with van der Waals surface area (Å²) in [5.74, 6) is 0. The Bertz CT molecular complexity index is 80.1. The van der Waals surface area contributed by atoms with Crippen LogP contribution in [0.4, 0.5) is 0 Å². The van der Waals surface area contributed by atoms with Gasteiger partial charge in [0.2, 0.25) is 0 Å². The fourth-order valence-corrected chi connectivity index (χ4v) is 1.62. The van der Waals surface area contributed by atoms with E-state index in [1.165, 1.54) is 0 Å². The Hall–Kier alpha value is 0.610. The molecule has 2 unspecified atom stereocenters. The Morgan fingerprint density at radius 3 is 2.38 bits per heavy atom. The highest BCUT2D eigenvalue weighted by atomic mass is 127. The number of rotatable bonds is 0. The lowest BCUT2D eigenvalue weighted by Gasteiger charge is -2.02. The predicted octanol–water partition coefficient (Wildman–Crippen LogP) is -0.660. The van der Waals surface area contributed by atoms with Gasteiger partial charge in [-0.25, -0.2) is 3.11 Å². The molecule has 0 aromatic heterocycles. The van der Waals surface area contributed by atoms with E-state index in [1.54, 1.807) is 0 Å². The third-order valence-corrected chi connectivity index (χ3v) is 2.08. The van der Waals surface area contributed by atoms with Crippen LogP contribution in [-0.2, 0) is 0 Å². The van der Waals surface area contributed by atoms with Crippen LogP contribution in [0.5, 0.6) is 0 Å². The first-order valence-electron chi connectivity index (χ1n) is 2.54. The highest BCUT2D eigenvalue weighted by Crippen LogP contribution is 2.11. The minimum absolute atomic E-state index is 0.0353. The third kappa shape index (κ3) is 1.31. The van der Waals surface area contributed by atoms with E-state index in [9.17, 15) is 0 Å². The van der Waals surface area contributed by atoms with E-state index >= 15 is 0 Å². The van der Waals surface area contributed by atoms with Gasteiger partial charge < -0.3 is 10.8 Å². The van der Waals surface area contributed by atoms with E-state index in [2.05, 4.69) is 22.9 Å². The summed E-state index contributed by atoms with van der Waals surface area (Å²) in [6, 6.07) is -0.0353. The standard InChI is InChI=1S/C4H9IN2O/c5-7-1-3(6)4(8)2-7/h3-4,8H,1-2,6H2. The monoisotopic (exact) mass is 228 g/mol. The zero-order valence-corrected chi connectivity index (χ0v) is 6.58. The number of nitrogens with zero attached hydrogens (tertiary/aromatic N) is 1. The van der Waals surface area contributed by atoms with Gasteiger partial charge >= 0.3 is 0 Å². The molecule has 0 bridgehead atoms. The minimum Gasteiger partial charge on any atom is -0.390 e. The molecule has 0 aromatic rings. The maximum atomic E-state index is 9.00. The first-order valence-corrected chi connectivity index (χ1v) is 3.51. The van der Waals surface area contributed by atoms with E-state index in [1.807, 2.05) is 3.11 Å². The second kappa shape index (κ2) is 2.47. The topological polar surface area (TPSA) is 49.5 Å². The van der Waals surface area contributed by atoms with Crippen molar-refractivity contribution in [3.05, 3.63) is 0 Å². The smallest absolute Gasteiger partial charge is 0.0838 e. The molecule has 0 radical (unpaired) electrons. The second-order valence-electron chi connectivity index (χ2n) is 2.06. The summed E-state index contributed by atoms with van der Waals surface area (Å²) in [6.07, 6.45) is -0.313. The van der Waals surface area contributed by atoms with Gasteiger partial charge in [0.25, 0.3) is 0 Å². The maximum absolute atomic E-state index is 9.00. The Labute approximate surface area is 62.3 Å². The highest BCUT2D eigenvalue weighted by Gasteiger charge is 2.26. The quantitative estimate of drug-likeness (QED) is 0.427. The van der Waals surface area contributed by atoms with Gasteiger partial charge in [-0.15, -0.1) is 0 Å². The van der Waals surface area contributed by atoms with Gasteiger partial charge in [-0.1, -0.05) is 0 Å². The average Bonchev–Trinajstić information content (AvgIpc) is 1.85. The van der Waals surface area contributed by atoms with Crippen LogP contribution in [0.15, 0.2) is 0 Å². The van der Waals surface area contributed by atoms with E-state index < -0.39 is 0 Å². The van der Waals surface area contributed by atoms with Gasteiger partial charge in [-0.2, -0.15) is 0 Å². The first kappa shape index (κ1) is 6.73. The largest absolute Gasteiger partial charge is 0.390 e. The molecule has 1 heterocycles. The van der Waals surface area contributed by atoms with E-state index in [4.69, 9.17) is 10.8 Å². The lowest BCUT2D eigenvalue weighted by atomic mass is 10.2. The molecule has 1 rings (SSSR count). The molecular formula is C4H9IN2O. The molecule has 0 saturated carbocycles. The zero-order chi connectivity index (χ0) is 6.15. The fourth-order valence-electron chi connectivity index (χ4n) is 0.763. The predicted molar refractivity (Wildman–Crippen MR) is 39.6 cm³/mol. The van der Waals surface area contributed by atoms with Crippen molar-refractivity contribution in [1.82, 2.24) is 3.11 Å².